The number of esters is 1. The van der Waals surface area contributed by atoms with E-state index in [0.717, 1.165) is 11.0 Å². The molecule has 0 saturated heterocycles. The number of benzene rings is 3. The van der Waals surface area contributed by atoms with Gasteiger partial charge in [0.1, 0.15) is 11.6 Å². The molecule has 1 aromatic heterocycles. The molecular weight excluding hydrogens is 394 g/mol. The van der Waals surface area contributed by atoms with Crippen molar-refractivity contribution in [2.75, 3.05) is 18.5 Å². The highest BCUT2D eigenvalue weighted by Gasteiger charge is 2.17. The van der Waals surface area contributed by atoms with Gasteiger partial charge in [-0.3, -0.25) is 4.79 Å². The number of H-pyrrole nitrogens is 1. The van der Waals surface area contributed by atoms with Crippen molar-refractivity contribution in [3.8, 4) is 17.1 Å². The van der Waals surface area contributed by atoms with Gasteiger partial charge in [-0.25, -0.2) is 9.78 Å². The van der Waals surface area contributed by atoms with E-state index in [1.807, 2.05) is 37.3 Å². The smallest absolute Gasteiger partial charge is 0.339 e. The van der Waals surface area contributed by atoms with Crippen LogP contribution in [0.15, 0.2) is 72.8 Å². The topological polar surface area (TPSA) is 93.3 Å². The molecule has 0 unspecified atom stereocenters. The number of imidazole rings is 1. The van der Waals surface area contributed by atoms with E-state index in [2.05, 4.69) is 15.3 Å². The number of rotatable bonds is 7. The highest BCUT2D eigenvalue weighted by Crippen LogP contribution is 2.24. The van der Waals surface area contributed by atoms with Gasteiger partial charge in [0.15, 0.2) is 6.61 Å². The third-order valence-corrected chi connectivity index (χ3v) is 4.57. The number of fused-ring (bicyclic) bond motifs is 1. The summed E-state index contributed by atoms with van der Waals surface area (Å²) in [7, 11) is 0. The Morgan fingerprint density at radius 1 is 0.968 bits per heavy atom. The van der Waals surface area contributed by atoms with E-state index < -0.39 is 18.5 Å². The van der Waals surface area contributed by atoms with Crippen molar-refractivity contribution < 1.29 is 19.1 Å². The Hall–Kier alpha value is -4.13. The van der Waals surface area contributed by atoms with Crippen molar-refractivity contribution in [2.45, 2.75) is 6.92 Å². The summed E-state index contributed by atoms with van der Waals surface area (Å²) in [6, 6.07) is 21.6. The molecule has 1 amide bonds. The number of nitrogens with zero attached hydrogens (tertiary/aromatic N) is 1. The molecule has 0 spiro atoms. The Balaban J connectivity index is 1.42. The minimum absolute atomic E-state index is 0.329. The number of hydrogen-bond donors (Lipinski definition) is 2. The lowest BCUT2D eigenvalue weighted by Crippen LogP contribution is -2.21. The molecule has 4 aromatic rings. The first kappa shape index (κ1) is 20.2. The van der Waals surface area contributed by atoms with Gasteiger partial charge in [-0.05, 0) is 49.4 Å². The second kappa shape index (κ2) is 9.13. The van der Waals surface area contributed by atoms with Gasteiger partial charge in [0.05, 0.1) is 23.2 Å². The molecule has 0 aliphatic heterocycles. The fourth-order valence-electron chi connectivity index (χ4n) is 3.16. The van der Waals surface area contributed by atoms with Crippen LogP contribution in [0.3, 0.4) is 0 Å². The lowest BCUT2D eigenvalue weighted by Gasteiger charge is -2.09. The van der Waals surface area contributed by atoms with Gasteiger partial charge >= 0.3 is 5.97 Å². The first-order valence-corrected chi connectivity index (χ1v) is 9.88. The molecule has 0 aliphatic rings. The highest BCUT2D eigenvalue weighted by molar-refractivity contribution is 5.99. The lowest BCUT2D eigenvalue weighted by molar-refractivity contribution is -0.119. The van der Waals surface area contributed by atoms with Crippen LogP contribution in [0.1, 0.15) is 17.3 Å². The summed E-state index contributed by atoms with van der Waals surface area (Å²) < 4.78 is 10.6. The molecule has 3 aromatic carbocycles. The standard InChI is InChI=1S/C24H21N3O4/c1-2-30-17-13-11-16(12-14-17)25-22(28)15-31-24(29)19-8-4-3-7-18(19)23-26-20-9-5-6-10-21(20)27-23/h3-14H,2,15H2,1H3,(H,25,28)(H,26,27). The zero-order valence-electron chi connectivity index (χ0n) is 16.9. The first-order valence-electron chi connectivity index (χ1n) is 9.88. The molecule has 1 heterocycles. The van der Waals surface area contributed by atoms with Crippen LogP contribution in [0.2, 0.25) is 0 Å². The number of amides is 1. The van der Waals surface area contributed by atoms with Crippen LogP contribution in [-0.4, -0.2) is 35.1 Å². The molecule has 31 heavy (non-hydrogen) atoms. The molecule has 2 N–H and O–H groups in total. The summed E-state index contributed by atoms with van der Waals surface area (Å²) in [5, 5.41) is 2.69. The number of aromatic nitrogens is 2. The number of nitrogens with one attached hydrogen (secondary N) is 2. The molecule has 156 valence electrons. The van der Waals surface area contributed by atoms with Crippen LogP contribution in [0.4, 0.5) is 5.69 Å². The number of carbonyl (C=O) groups is 2. The molecule has 0 aliphatic carbocycles. The largest absolute Gasteiger partial charge is 0.494 e. The summed E-state index contributed by atoms with van der Waals surface area (Å²) in [5.41, 5.74) is 3.20. The molecular formula is C24H21N3O4. The summed E-state index contributed by atoms with van der Waals surface area (Å²) in [5.74, 6) is 0.248. The SMILES string of the molecule is CCOc1ccc(NC(=O)COC(=O)c2ccccc2-c2nc3ccccc3[nH]2)cc1. The lowest BCUT2D eigenvalue weighted by atomic mass is 10.1. The Morgan fingerprint density at radius 3 is 2.48 bits per heavy atom. The van der Waals surface area contributed by atoms with E-state index in [-0.39, 0.29) is 0 Å². The van der Waals surface area contributed by atoms with Crippen molar-refractivity contribution >= 4 is 28.6 Å². The molecule has 0 fully saturated rings. The summed E-state index contributed by atoms with van der Waals surface area (Å²) in [6.45, 7) is 2.06. The van der Waals surface area contributed by atoms with Crippen LogP contribution in [0, 0.1) is 0 Å². The molecule has 4 rings (SSSR count). The van der Waals surface area contributed by atoms with Gasteiger partial charge in [-0.15, -0.1) is 0 Å². The quantitative estimate of drug-likeness (QED) is 0.436. The Kier molecular flexibility index (Phi) is 5.93. The monoisotopic (exact) mass is 415 g/mol. The van der Waals surface area contributed by atoms with E-state index in [1.54, 1.807) is 42.5 Å². The van der Waals surface area contributed by atoms with Crippen molar-refractivity contribution in [1.82, 2.24) is 9.97 Å². The fraction of sp³-hybridized carbons (Fsp3) is 0.125. The summed E-state index contributed by atoms with van der Waals surface area (Å²) >= 11 is 0. The molecule has 0 atom stereocenters. The normalized spacial score (nSPS) is 10.6. The Labute approximate surface area is 179 Å². The summed E-state index contributed by atoms with van der Waals surface area (Å²) in [6.07, 6.45) is 0. The van der Waals surface area contributed by atoms with Crippen LogP contribution < -0.4 is 10.1 Å². The van der Waals surface area contributed by atoms with Crippen molar-refractivity contribution in [3.05, 3.63) is 78.4 Å². The van der Waals surface area contributed by atoms with Gasteiger partial charge in [-0.1, -0.05) is 30.3 Å². The predicted molar refractivity (Wildman–Crippen MR) is 118 cm³/mol. The predicted octanol–water partition coefficient (Wildman–Crippen LogP) is 4.42. The minimum atomic E-state index is -0.599. The number of ether oxygens (including phenoxy) is 2. The highest BCUT2D eigenvalue weighted by atomic mass is 16.5. The molecule has 0 bridgehead atoms. The first-order chi connectivity index (χ1) is 15.1. The number of anilines is 1. The Morgan fingerprint density at radius 2 is 1.71 bits per heavy atom. The maximum atomic E-state index is 12.7. The van der Waals surface area contributed by atoms with Crippen LogP contribution >= 0.6 is 0 Å². The molecule has 7 heteroatoms. The minimum Gasteiger partial charge on any atom is -0.494 e. The van der Waals surface area contributed by atoms with Gasteiger partial charge < -0.3 is 19.8 Å². The molecule has 7 nitrogen and oxygen atoms in total. The van der Waals surface area contributed by atoms with E-state index in [1.165, 1.54) is 0 Å². The van der Waals surface area contributed by atoms with Gasteiger partial charge in [0, 0.05) is 11.3 Å². The van der Waals surface area contributed by atoms with Crippen molar-refractivity contribution in [2.24, 2.45) is 0 Å². The molecule has 0 radical (unpaired) electrons. The second-order valence-electron chi connectivity index (χ2n) is 6.73. The van der Waals surface area contributed by atoms with E-state index in [9.17, 15) is 9.59 Å². The maximum Gasteiger partial charge on any atom is 0.339 e. The van der Waals surface area contributed by atoms with Crippen molar-refractivity contribution in [3.63, 3.8) is 0 Å². The number of aromatic amines is 1. The van der Waals surface area contributed by atoms with E-state index >= 15 is 0 Å². The Bertz CT molecular complexity index is 1180. The zero-order chi connectivity index (χ0) is 21.6. The van der Waals surface area contributed by atoms with Crippen LogP contribution in [0.5, 0.6) is 5.75 Å². The van der Waals surface area contributed by atoms with Crippen LogP contribution in [0.25, 0.3) is 22.4 Å². The zero-order valence-corrected chi connectivity index (χ0v) is 16.9. The van der Waals surface area contributed by atoms with E-state index in [0.29, 0.717) is 35.0 Å². The number of para-hydroxylation sites is 2. The average molecular weight is 415 g/mol. The van der Waals surface area contributed by atoms with Crippen molar-refractivity contribution in [1.29, 1.82) is 0 Å². The number of hydrogen-bond acceptors (Lipinski definition) is 5. The average Bonchev–Trinajstić information content (AvgIpc) is 3.23. The van der Waals surface area contributed by atoms with Gasteiger partial charge in [0.2, 0.25) is 0 Å². The van der Waals surface area contributed by atoms with Crippen LogP contribution in [-0.2, 0) is 9.53 Å². The number of carbonyl (C=O) groups excluding carboxylic acids is 2. The second-order valence-corrected chi connectivity index (χ2v) is 6.73. The molecule has 0 saturated carbocycles. The fourth-order valence-corrected chi connectivity index (χ4v) is 3.16. The maximum absolute atomic E-state index is 12.7. The summed E-state index contributed by atoms with van der Waals surface area (Å²) in [4.78, 5) is 32.6. The third kappa shape index (κ3) is 4.72. The van der Waals surface area contributed by atoms with Gasteiger partial charge in [0.25, 0.3) is 5.91 Å². The third-order valence-electron chi connectivity index (χ3n) is 4.57. The van der Waals surface area contributed by atoms with Gasteiger partial charge in [-0.2, -0.15) is 0 Å². The van der Waals surface area contributed by atoms with E-state index in [4.69, 9.17) is 9.47 Å².